The number of nitrogens with one attached hydrogen (secondary N) is 2. The average Bonchev–Trinajstić information content (AvgIpc) is 3.01. The Balaban J connectivity index is 1.84. The molecule has 1 aliphatic heterocycles. The second-order valence-electron chi connectivity index (χ2n) is 7.54. The number of carbonyl (C=O) groups excluding carboxylic acids is 1. The number of thiophene rings is 1. The monoisotopic (exact) mass is 370 g/mol. The molecular weight excluding hydrogens is 342 g/mol. The number of likely N-dealkylation sites (tertiary alicyclic amines) is 1. The van der Waals surface area contributed by atoms with E-state index in [0.717, 1.165) is 23.5 Å². The summed E-state index contributed by atoms with van der Waals surface area (Å²) in [7, 11) is 0. The highest BCUT2D eigenvalue weighted by atomic mass is 32.1. The van der Waals surface area contributed by atoms with Crippen LogP contribution in [0.3, 0.4) is 0 Å². The zero-order valence-electron chi connectivity index (χ0n) is 15.5. The van der Waals surface area contributed by atoms with Crippen LogP contribution in [0, 0.1) is 0 Å². The van der Waals surface area contributed by atoms with Gasteiger partial charge >= 0.3 is 0 Å². The summed E-state index contributed by atoms with van der Waals surface area (Å²) in [6.45, 7) is 3.99. The Morgan fingerprint density at radius 3 is 2.69 bits per heavy atom. The standard InChI is InChI=1S/C21H27N3OS/c1-15(25)23-21-19(16-9-3-4-11-18(16)26-21)20(17-10-5-6-12-22-17)24-13-7-2-8-14-24/h5-6,10,12,20H,2-4,7-9,11,13-14H2,1H3,(H,23,25)/p+1/t20-/m1/s1. The van der Waals surface area contributed by atoms with E-state index in [4.69, 9.17) is 4.98 Å². The molecule has 0 saturated carbocycles. The van der Waals surface area contributed by atoms with Crippen LogP contribution in [0.25, 0.3) is 0 Å². The summed E-state index contributed by atoms with van der Waals surface area (Å²) in [5.74, 6) is 0.0262. The number of piperidine rings is 1. The van der Waals surface area contributed by atoms with E-state index < -0.39 is 0 Å². The number of aryl methyl sites for hydroxylation is 1. The van der Waals surface area contributed by atoms with Crippen LogP contribution in [0.1, 0.15) is 66.8 Å². The van der Waals surface area contributed by atoms with Gasteiger partial charge in [0.05, 0.1) is 18.7 Å². The zero-order chi connectivity index (χ0) is 17.9. The smallest absolute Gasteiger partial charge is 0.221 e. The molecule has 2 N–H and O–H groups in total. The first kappa shape index (κ1) is 17.7. The summed E-state index contributed by atoms with van der Waals surface area (Å²) < 4.78 is 0. The largest absolute Gasteiger partial charge is 0.324 e. The van der Waals surface area contributed by atoms with Crippen LogP contribution in [-0.4, -0.2) is 24.0 Å². The molecule has 2 aliphatic rings. The lowest BCUT2D eigenvalue weighted by Gasteiger charge is -2.32. The van der Waals surface area contributed by atoms with Crippen LogP contribution in [0.15, 0.2) is 24.4 Å². The summed E-state index contributed by atoms with van der Waals surface area (Å²) in [5.41, 5.74) is 4.00. The lowest BCUT2D eigenvalue weighted by molar-refractivity contribution is -0.930. The molecule has 26 heavy (non-hydrogen) atoms. The number of anilines is 1. The van der Waals surface area contributed by atoms with E-state index in [0.29, 0.717) is 0 Å². The fraction of sp³-hybridized carbons (Fsp3) is 0.524. The average molecular weight is 371 g/mol. The SMILES string of the molecule is CC(=O)Nc1sc2c(c1[C@@H](c1ccccn1)[NH+]1CCCCC1)CCCC2. The van der Waals surface area contributed by atoms with E-state index in [-0.39, 0.29) is 11.9 Å². The number of hydrogen-bond donors (Lipinski definition) is 2. The van der Waals surface area contributed by atoms with Gasteiger partial charge in [-0.25, -0.2) is 0 Å². The molecule has 0 bridgehead atoms. The predicted molar refractivity (Wildman–Crippen MR) is 106 cm³/mol. The van der Waals surface area contributed by atoms with Crippen molar-refractivity contribution in [3.05, 3.63) is 46.1 Å². The summed E-state index contributed by atoms with van der Waals surface area (Å²) in [5, 5.41) is 4.23. The van der Waals surface area contributed by atoms with Crippen molar-refractivity contribution in [3.63, 3.8) is 0 Å². The Hall–Kier alpha value is -1.72. The molecule has 2 aromatic heterocycles. The summed E-state index contributed by atoms with van der Waals surface area (Å²) in [6, 6.07) is 6.48. The van der Waals surface area contributed by atoms with Crippen molar-refractivity contribution in [2.75, 3.05) is 18.4 Å². The molecule has 1 saturated heterocycles. The number of fused-ring (bicyclic) bond motifs is 1. The predicted octanol–water partition coefficient (Wildman–Crippen LogP) is 3.14. The first-order valence-electron chi connectivity index (χ1n) is 9.91. The van der Waals surface area contributed by atoms with Gasteiger partial charge in [0.15, 0.2) is 6.04 Å². The van der Waals surface area contributed by atoms with Crippen molar-refractivity contribution in [1.29, 1.82) is 0 Å². The maximum atomic E-state index is 11.9. The topological polar surface area (TPSA) is 46.4 Å². The van der Waals surface area contributed by atoms with Crippen LogP contribution < -0.4 is 10.2 Å². The number of rotatable bonds is 4. The maximum absolute atomic E-state index is 11.9. The van der Waals surface area contributed by atoms with Gasteiger partial charge in [0, 0.05) is 18.0 Å². The van der Waals surface area contributed by atoms with Crippen LogP contribution in [0.4, 0.5) is 5.00 Å². The summed E-state index contributed by atoms with van der Waals surface area (Å²) >= 11 is 1.80. The molecule has 3 heterocycles. The zero-order valence-corrected chi connectivity index (χ0v) is 16.3. The molecule has 1 fully saturated rings. The minimum absolute atomic E-state index is 0.0262. The van der Waals surface area contributed by atoms with E-state index in [1.807, 2.05) is 12.3 Å². The quantitative estimate of drug-likeness (QED) is 0.869. The molecule has 4 rings (SSSR count). The van der Waals surface area contributed by atoms with Crippen LogP contribution in [0.2, 0.25) is 0 Å². The van der Waals surface area contributed by atoms with Gasteiger partial charge in [0.25, 0.3) is 0 Å². The van der Waals surface area contributed by atoms with E-state index in [2.05, 4.69) is 17.4 Å². The third-order valence-corrected chi connectivity index (χ3v) is 6.90. The van der Waals surface area contributed by atoms with Gasteiger partial charge in [-0.05, 0) is 62.6 Å². The number of amides is 1. The normalized spacial score (nSPS) is 19.0. The Morgan fingerprint density at radius 1 is 1.15 bits per heavy atom. The lowest BCUT2D eigenvalue weighted by Crippen LogP contribution is -3.13. The molecule has 0 radical (unpaired) electrons. The highest BCUT2D eigenvalue weighted by molar-refractivity contribution is 7.16. The van der Waals surface area contributed by atoms with Gasteiger partial charge in [-0.1, -0.05) is 6.07 Å². The number of pyridine rings is 1. The molecule has 0 unspecified atom stereocenters. The molecule has 1 atom stereocenters. The number of hydrogen-bond acceptors (Lipinski definition) is 3. The Bertz CT molecular complexity index is 765. The molecule has 0 spiro atoms. The van der Waals surface area contributed by atoms with E-state index in [1.165, 1.54) is 61.2 Å². The van der Waals surface area contributed by atoms with Gasteiger partial charge < -0.3 is 10.2 Å². The van der Waals surface area contributed by atoms with Gasteiger partial charge in [0.1, 0.15) is 10.7 Å². The molecule has 5 heteroatoms. The van der Waals surface area contributed by atoms with Crippen molar-refractivity contribution in [1.82, 2.24) is 4.98 Å². The van der Waals surface area contributed by atoms with Crippen molar-refractivity contribution < 1.29 is 9.69 Å². The number of nitrogens with zero attached hydrogens (tertiary/aromatic N) is 1. The van der Waals surface area contributed by atoms with E-state index in [1.54, 1.807) is 23.2 Å². The number of carbonyl (C=O) groups is 1. The van der Waals surface area contributed by atoms with Crippen LogP contribution >= 0.6 is 11.3 Å². The third-order valence-electron chi connectivity index (χ3n) is 5.68. The van der Waals surface area contributed by atoms with Crippen molar-refractivity contribution in [3.8, 4) is 0 Å². The Morgan fingerprint density at radius 2 is 1.96 bits per heavy atom. The molecule has 4 nitrogen and oxygen atoms in total. The third kappa shape index (κ3) is 3.55. The number of quaternary nitrogens is 1. The number of aromatic nitrogens is 1. The highest BCUT2D eigenvalue weighted by Crippen LogP contribution is 2.42. The molecule has 138 valence electrons. The first-order chi connectivity index (χ1) is 12.7. The van der Waals surface area contributed by atoms with Crippen molar-refractivity contribution >= 4 is 22.2 Å². The van der Waals surface area contributed by atoms with Crippen molar-refractivity contribution in [2.24, 2.45) is 0 Å². The fourth-order valence-electron chi connectivity index (χ4n) is 4.55. The maximum Gasteiger partial charge on any atom is 0.221 e. The van der Waals surface area contributed by atoms with Crippen molar-refractivity contribution in [2.45, 2.75) is 57.9 Å². The first-order valence-corrected chi connectivity index (χ1v) is 10.7. The van der Waals surface area contributed by atoms with Crippen LogP contribution in [0.5, 0.6) is 0 Å². The van der Waals surface area contributed by atoms with Gasteiger partial charge in [-0.15, -0.1) is 11.3 Å². The second kappa shape index (κ2) is 7.89. The molecule has 0 aromatic carbocycles. The minimum Gasteiger partial charge on any atom is -0.324 e. The second-order valence-corrected chi connectivity index (χ2v) is 8.65. The Kier molecular flexibility index (Phi) is 5.36. The Labute approximate surface area is 159 Å². The highest BCUT2D eigenvalue weighted by Gasteiger charge is 2.36. The molecule has 2 aromatic rings. The van der Waals surface area contributed by atoms with E-state index >= 15 is 0 Å². The minimum atomic E-state index is 0.0262. The molecular formula is C21H28N3OS+. The van der Waals surface area contributed by atoms with Crippen LogP contribution in [-0.2, 0) is 17.6 Å². The summed E-state index contributed by atoms with van der Waals surface area (Å²) in [6.07, 6.45) is 10.6. The van der Waals surface area contributed by atoms with Gasteiger partial charge in [0.2, 0.25) is 5.91 Å². The molecule has 1 aliphatic carbocycles. The fourth-order valence-corrected chi connectivity index (χ4v) is 5.92. The van der Waals surface area contributed by atoms with Gasteiger partial charge in [-0.3, -0.25) is 9.78 Å². The van der Waals surface area contributed by atoms with E-state index in [9.17, 15) is 4.79 Å². The molecule has 1 amide bonds. The lowest BCUT2D eigenvalue weighted by atomic mass is 9.89. The van der Waals surface area contributed by atoms with Gasteiger partial charge in [-0.2, -0.15) is 0 Å². The summed E-state index contributed by atoms with van der Waals surface area (Å²) in [4.78, 5) is 19.7.